The van der Waals surface area contributed by atoms with Crippen molar-refractivity contribution in [3.05, 3.63) is 52.3 Å². The van der Waals surface area contributed by atoms with Gasteiger partial charge in [0.2, 0.25) is 0 Å². The zero-order valence-corrected chi connectivity index (χ0v) is 13.0. The number of benzene rings is 1. The van der Waals surface area contributed by atoms with Crippen molar-refractivity contribution in [2.24, 2.45) is 5.92 Å². The van der Waals surface area contributed by atoms with Crippen LogP contribution in [0.2, 0.25) is 0 Å². The predicted molar refractivity (Wildman–Crippen MR) is 83.9 cm³/mol. The standard InChI is InChI=1S/C15H16N4O5/c1-9(2)13(15(21)22)16-14(20)12-7-8-18(17-12)10-3-5-11(6-4-10)19(23)24/h3-9,13H,1-2H3,(H,16,20)(H,21,22). The Morgan fingerprint density at radius 1 is 1.25 bits per heavy atom. The van der Waals surface area contributed by atoms with E-state index in [9.17, 15) is 19.7 Å². The molecule has 0 aliphatic rings. The number of nitro benzene ring substituents is 1. The van der Waals surface area contributed by atoms with Crippen molar-refractivity contribution in [2.75, 3.05) is 0 Å². The molecule has 0 aliphatic heterocycles. The van der Waals surface area contributed by atoms with Crippen LogP contribution in [0, 0.1) is 16.0 Å². The number of aromatic nitrogens is 2. The Morgan fingerprint density at radius 3 is 2.38 bits per heavy atom. The smallest absolute Gasteiger partial charge is 0.326 e. The molecular weight excluding hydrogens is 316 g/mol. The molecule has 1 unspecified atom stereocenters. The number of carbonyl (C=O) groups is 2. The van der Waals surface area contributed by atoms with Gasteiger partial charge in [-0.3, -0.25) is 14.9 Å². The number of carboxylic acid groups (broad SMARTS) is 1. The van der Waals surface area contributed by atoms with Gasteiger partial charge >= 0.3 is 5.97 Å². The van der Waals surface area contributed by atoms with Crippen molar-refractivity contribution in [3.63, 3.8) is 0 Å². The quantitative estimate of drug-likeness (QED) is 0.611. The van der Waals surface area contributed by atoms with Crippen LogP contribution >= 0.6 is 0 Å². The van der Waals surface area contributed by atoms with Gasteiger partial charge in [-0.25, -0.2) is 9.48 Å². The number of hydrogen-bond acceptors (Lipinski definition) is 5. The molecule has 0 spiro atoms. The van der Waals surface area contributed by atoms with Crippen LogP contribution in [0.15, 0.2) is 36.5 Å². The molecule has 0 fully saturated rings. The molecule has 1 heterocycles. The summed E-state index contributed by atoms with van der Waals surface area (Å²) in [6.07, 6.45) is 1.52. The molecule has 0 radical (unpaired) electrons. The van der Waals surface area contributed by atoms with Crippen molar-refractivity contribution in [1.29, 1.82) is 0 Å². The van der Waals surface area contributed by atoms with E-state index < -0.39 is 22.8 Å². The number of nitrogens with zero attached hydrogens (tertiary/aromatic N) is 3. The lowest BCUT2D eigenvalue weighted by atomic mass is 10.0. The minimum Gasteiger partial charge on any atom is -0.480 e. The highest BCUT2D eigenvalue weighted by Crippen LogP contribution is 2.15. The fraction of sp³-hybridized carbons (Fsp3) is 0.267. The number of nitrogens with one attached hydrogen (secondary N) is 1. The van der Waals surface area contributed by atoms with Gasteiger partial charge < -0.3 is 10.4 Å². The summed E-state index contributed by atoms with van der Waals surface area (Å²) >= 11 is 0. The second-order valence-electron chi connectivity index (χ2n) is 5.45. The summed E-state index contributed by atoms with van der Waals surface area (Å²) in [6.45, 7) is 3.38. The number of hydrogen-bond donors (Lipinski definition) is 2. The van der Waals surface area contributed by atoms with E-state index in [4.69, 9.17) is 5.11 Å². The van der Waals surface area contributed by atoms with Crippen LogP contribution in [-0.2, 0) is 4.79 Å². The van der Waals surface area contributed by atoms with Crippen molar-refractivity contribution < 1.29 is 19.6 Å². The first-order valence-electron chi connectivity index (χ1n) is 7.13. The van der Waals surface area contributed by atoms with E-state index in [1.165, 1.54) is 41.2 Å². The number of non-ortho nitro benzene ring substituents is 1. The number of rotatable bonds is 6. The molecule has 1 atom stereocenters. The normalized spacial score (nSPS) is 12.0. The maximum atomic E-state index is 12.1. The van der Waals surface area contributed by atoms with Gasteiger partial charge in [0.05, 0.1) is 10.6 Å². The second-order valence-corrected chi connectivity index (χ2v) is 5.45. The second kappa shape index (κ2) is 6.90. The average Bonchev–Trinajstić information content (AvgIpc) is 3.01. The monoisotopic (exact) mass is 332 g/mol. The zero-order chi connectivity index (χ0) is 17.9. The summed E-state index contributed by atoms with van der Waals surface area (Å²) in [6, 6.07) is 6.09. The summed E-state index contributed by atoms with van der Waals surface area (Å²) in [7, 11) is 0. The number of carbonyl (C=O) groups excluding carboxylic acids is 1. The third-order valence-electron chi connectivity index (χ3n) is 3.37. The topological polar surface area (TPSA) is 127 Å². The van der Waals surface area contributed by atoms with Crippen LogP contribution in [0.5, 0.6) is 0 Å². The van der Waals surface area contributed by atoms with Crippen molar-refractivity contribution in [2.45, 2.75) is 19.9 Å². The summed E-state index contributed by atoms with van der Waals surface area (Å²) in [5.41, 5.74) is 0.545. The Kier molecular flexibility index (Phi) is 4.93. The summed E-state index contributed by atoms with van der Waals surface area (Å²) in [5, 5.41) is 26.2. The number of amides is 1. The van der Waals surface area contributed by atoms with Gasteiger partial charge in [-0.2, -0.15) is 5.10 Å². The highest BCUT2D eigenvalue weighted by Gasteiger charge is 2.24. The lowest BCUT2D eigenvalue weighted by molar-refractivity contribution is -0.384. The van der Waals surface area contributed by atoms with Gasteiger partial charge in [0, 0.05) is 18.3 Å². The largest absolute Gasteiger partial charge is 0.480 e. The van der Waals surface area contributed by atoms with E-state index in [1.54, 1.807) is 13.8 Å². The summed E-state index contributed by atoms with van der Waals surface area (Å²) < 4.78 is 1.38. The van der Waals surface area contributed by atoms with Crippen LogP contribution in [0.3, 0.4) is 0 Å². The van der Waals surface area contributed by atoms with Crippen molar-refractivity contribution in [3.8, 4) is 5.69 Å². The fourth-order valence-electron chi connectivity index (χ4n) is 2.04. The van der Waals surface area contributed by atoms with Crippen molar-refractivity contribution in [1.82, 2.24) is 15.1 Å². The molecule has 2 aromatic rings. The van der Waals surface area contributed by atoms with Gasteiger partial charge in [-0.15, -0.1) is 0 Å². The first kappa shape index (κ1) is 17.1. The first-order chi connectivity index (χ1) is 11.3. The molecular formula is C15H16N4O5. The Morgan fingerprint density at radius 2 is 1.88 bits per heavy atom. The van der Waals surface area contributed by atoms with Gasteiger partial charge in [0.15, 0.2) is 5.69 Å². The molecule has 1 amide bonds. The van der Waals surface area contributed by atoms with E-state index in [1.807, 2.05) is 0 Å². The maximum Gasteiger partial charge on any atom is 0.326 e. The van der Waals surface area contributed by atoms with Crippen LogP contribution < -0.4 is 5.32 Å². The number of carboxylic acids is 1. The van der Waals surface area contributed by atoms with Gasteiger partial charge in [0.25, 0.3) is 11.6 Å². The van der Waals surface area contributed by atoms with Crippen LogP contribution in [-0.4, -0.2) is 37.7 Å². The molecule has 1 aromatic heterocycles. The molecule has 126 valence electrons. The van der Waals surface area contributed by atoms with Crippen LogP contribution in [0.1, 0.15) is 24.3 Å². The van der Waals surface area contributed by atoms with Crippen LogP contribution in [0.4, 0.5) is 5.69 Å². The van der Waals surface area contributed by atoms with E-state index >= 15 is 0 Å². The number of aliphatic carboxylic acids is 1. The summed E-state index contributed by atoms with van der Waals surface area (Å²) in [4.78, 5) is 33.4. The summed E-state index contributed by atoms with van der Waals surface area (Å²) in [5.74, 6) is -1.99. The third kappa shape index (κ3) is 3.75. The molecule has 2 rings (SSSR count). The Hall–Kier alpha value is -3.23. The third-order valence-corrected chi connectivity index (χ3v) is 3.37. The molecule has 2 N–H and O–H groups in total. The molecule has 9 heteroatoms. The minimum atomic E-state index is -1.12. The predicted octanol–water partition coefficient (Wildman–Crippen LogP) is 1.62. The molecule has 0 aliphatic carbocycles. The van der Waals surface area contributed by atoms with E-state index in [2.05, 4.69) is 10.4 Å². The molecule has 0 saturated heterocycles. The van der Waals surface area contributed by atoms with Gasteiger partial charge in [-0.05, 0) is 24.1 Å². The number of nitro groups is 1. The lowest BCUT2D eigenvalue weighted by Crippen LogP contribution is -2.44. The molecule has 9 nitrogen and oxygen atoms in total. The molecule has 24 heavy (non-hydrogen) atoms. The van der Waals surface area contributed by atoms with Gasteiger partial charge in [0.1, 0.15) is 6.04 Å². The first-order valence-corrected chi connectivity index (χ1v) is 7.13. The maximum absolute atomic E-state index is 12.1. The average molecular weight is 332 g/mol. The molecule has 1 aromatic carbocycles. The Bertz CT molecular complexity index is 766. The lowest BCUT2D eigenvalue weighted by Gasteiger charge is -2.16. The molecule has 0 bridgehead atoms. The van der Waals surface area contributed by atoms with Crippen LogP contribution in [0.25, 0.3) is 5.69 Å². The SMILES string of the molecule is CC(C)C(NC(=O)c1ccn(-c2ccc([N+](=O)[O-])cc2)n1)C(=O)O. The van der Waals surface area contributed by atoms with Gasteiger partial charge in [-0.1, -0.05) is 13.8 Å². The Balaban J connectivity index is 2.16. The zero-order valence-electron chi connectivity index (χ0n) is 13.0. The fourth-order valence-corrected chi connectivity index (χ4v) is 2.04. The van der Waals surface area contributed by atoms with E-state index in [0.717, 1.165) is 0 Å². The highest BCUT2D eigenvalue weighted by atomic mass is 16.6. The highest BCUT2D eigenvalue weighted by molar-refractivity contribution is 5.95. The Labute approximate surface area is 137 Å². The minimum absolute atomic E-state index is 0.0508. The molecule has 0 saturated carbocycles. The van der Waals surface area contributed by atoms with Crippen molar-refractivity contribution >= 4 is 17.6 Å². The van der Waals surface area contributed by atoms with E-state index in [0.29, 0.717) is 5.69 Å². The van der Waals surface area contributed by atoms with E-state index in [-0.39, 0.29) is 17.3 Å².